The smallest absolute Gasteiger partial charge is 0.280 e. The Kier molecular flexibility index (Phi) is 3.36. The molecular formula is C15H20N4OS. The number of amides is 1. The van der Waals surface area contributed by atoms with E-state index in [2.05, 4.69) is 30.9 Å². The number of carbonyl (C=O) groups is 1. The van der Waals surface area contributed by atoms with Gasteiger partial charge in [-0.25, -0.2) is 4.98 Å². The van der Waals surface area contributed by atoms with Crippen LogP contribution >= 0.6 is 11.3 Å². The molecule has 0 bridgehead atoms. The van der Waals surface area contributed by atoms with Crippen LogP contribution < -0.4 is 4.90 Å². The lowest BCUT2D eigenvalue weighted by molar-refractivity contribution is 0.0986. The molecule has 1 amide bonds. The van der Waals surface area contributed by atoms with Gasteiger partial charge in [-0.05, 0) is 39.7 Å². The van der Waals surface area contributed by atoms with E-state index in [1.54, 1.807) is 18.1 Å². The van der Waals surface area contributed by atoms with Crippen LogP contribution in [0.25, 0.3) is 0 Å². The summed E-state index contributed by atoms with van der Waals surface area (Å²) in [6, 6.07) is 1.95. The molecule has 0 radical (unpaired) electrons. The third-order valence-corrected chi connectivity index (χ3v) is 4.45. The molecule has 0 spiro atoms. The van der Waals surface area contributed by atoms with E-state index in [1.165, 1.54) is 29.9 Å². The minimum absolute atomic E-state index is 0.102. The lowest BCUT2D eigenvalue weighted by Gasteiger charge is -2.22. The highest BCUT2D eigenvalue weighted by atomic mass is 32.1. The zero-order valence-corrected chi connectivity index (χ0v) is 13.6. The maximum absolute atomic E-state index is 12.6. The lowest BCUT2D eigenvalue weighted by Crippen LogP contribution is -2.28. The first kappa shape index (κ1) is 14.3. The molecule has 0 atom stereocenters. The number of nitrogens with zero attached hydrogens (tertiary/aromatic N) is 4. The quantitative estimate of drug-likeness (QED) is 0.874. The van der Waals surface area contributed by atoms with Crippen molar-refractivity contribution in [3.63, 3.8) is 0 Å². The van der Waals surface area contributed by atoms with Crippen molar-refractivity contribution in [2.45, 2.75) is 45.1 Å². The Hall–Kier alpha value is -1.69. The van der Waals surface area contributed by atoms with Gasteiger partial charge >= 0.3 is 0 Å². The average Bonchev–Trinajstić information content (AvgIpc) is 2.95. The number of carbonyl (C=O) groups excluding carboxylic acids is 1. The van der Waals surface area contributed by atoms with Crippen molar-refractivity contribution in [2.75, 3.05) is 11.9 Å². The average molecular weight is 304 g/mol. The first-order chi connectivity index (χ1) is 9.88. The molecule has 112 valence electrons. The van der Waals surface area contributed by atoms with Gasteiger partial charge in [0.15, 0.2) is 10.8 Å². The van der Waals surface area contributed by atoms with Gasteiger partial charge in [0.1, 0.15) is 0 Å². The lowest BCUT2D eigenvalue weighted by atomic mass is 10.1. The summed E-state index contributed by atoms with van der Waals surface area (Å²) >= 11 is 1.45. The van der Waals surface area contributed by atoms with E-state index in [1.807, 2.05) is 16.1 Å². The van der Waals surface area contributed by atoms with E-state index >= 15 is 0 Å². The largest absolute Gasteiger partial charge is 0.286 e. The van der Waals surface area contributed by atoms with E-state index in [4.69, 9.17) is 0 Å². The first-order valence-corrected chi connectivity index (χ1v) is 8.04. The molecule has 1 saturated carbocycles. The second-order valence-electron chi connectivity index (χ2n) is 6.49. The molecule has 1 aliphatic rings. The summed E-state index contributed by atoms with van der Waals surface area (Å²) in [7, 11) is 1.74. The van der Waals surface area contributed by atoms with Crippen LogP contribution in [-0.2, 0) is 5.54 Å². The maximum Gasteiger partial charge on any atom is 0.280 e. The Morgan fingerprint density at radius 3 is 2.67 bits per heavy atom. The molecule has 2 aromatic rings. The molecule has 2 heterocycles. The Morgan fingerprint density at radius 1 is 1.43 bits per heavy atom. The van der Waals surface area contributed by atoms with Gasteiger partial charge in [0, 0.05) is 30.2 Å². The van der Waals surface area contributed by atoms with Crippen LogP contribution in [-0.4, -0.2) is 27.7 Å². The van der Waals surface area contributed by atoms with Crippen LogP contribution in [0.4, 0.5) is 5.13 Å². The van der Waals surface area contributed by atoms with Crippen molar-refractivity contribution < 1.29 is 4.79 Å². The summed E-state index contributed by atoms with van der Waals surface area (Å²) in [5.41, 5.74) is 1.57. The van der Waals surface area contributed by atoms with Crippen molar-refractivity contribution in [3.8, 4) is 0 Å². The zero-order chi connectivity index (χ0) is 15.2. The van der Waals surface area contributed by atoms with Gasteiger partial charge in [-0.1, -0.05) is 0 Å². The van der Waals surface area contributed by atoms with E-state index in [9.17, 15) is 4.79 Å². The van der Waals surface area contributed by atoms with E-state index < -0.39 is 0 Å². The molecule has 3 rings (SSSR count). The summed E-state index contributed by atoms with van der Waals surface area (Å²) in [5, 5.41) is 7.13. The van der Waals surface area contributed by atoms with E-state index in [0.717, 1.165) is 0 Å². The normalized spacial score (nSPS) is 15.2. The first-order valence-electron chi connectivity index (χ1n) is 7.16. The van der Waals surface area contributed by atoms with Gasteiger partial charge in [0.2, 0.25) is 0 Å². The van der Waals surface area contributed by atoms with Crippen molar-refractivity contribution in [3.05, 3.63) is 29.0 Å². The molecule has 6 heteroatoms. The molecule has 21 heavy (non-hydrogen) atoms. The predicted molar refractivity (Wildman–Crippen MR) is 84.0 cm³/mol. The monoisotopic (exact) mass is 304 g/mol. The van der Waals surface area contributed by atoms with Gasteiger partial charge < -0.3 is 0 Å². The molecule has 2 aromatic heterocycles. The van der Waals surface area contributed by atoms with Crippen LogP contribution in [0.2, 0.25) is 0 Å². The maximum atomic E-state index is 12.6. The fraction of sp³-hybridized carbons (Fsp3) is 0.533. The Bertz CT molecular complexity index is 650. The van der Waals surface area contributed by atoms with E-state index in [-0.39, 0.29) is 11.4 Å². The molecule has 0 aromatic carbocycles. The molecule has 5 nitrogen and oxygen atoms in total. The molecule has 0 aliphatic heterocycles. The summed E-state index contributed by atoms with van der Waals surface area (Å²) in [5.74, 6) is 0.457. The number of thiazole rings is 1. The minimum Gasteiger partial charge on any atom is -0.286 e. The number of anilines is 1. The SMILES string of the molecule is CN(C(=O)c1cc(C2CC2)n(C(C)(C)C)n1)c1nccs1. The van der Waals surface area contributed by atoms with E-state index in [0.29, 0.717) is 16.7 Å². The number of hydrogen-bond donors (Lipinski definition) is 0. The fourth-order valence-electron chi connectivity index (χ4n) is 2.35. The Labute approximate surface area is 128 Å². The zero-order valence-electron chi connectivity index (χ0n) is 12.8. The Balaban J connectivity index is 1.94. The Morgan fingerprint density at radius 2 is 2.14 bits per heavy atom. The van der Waals surface area contributed by atoms with Gasteiger partial charge in [-0.3, -0.25) is 14.4 Å². The molecule has 0 saturated heterocycles. The predicted octanol–water partition coefficient (Wildman–Crippen LogP) is 3.25. The minimum atomic E-state index is -0.115. The summed E-state index contributed by atoms with van der Waals surface area (Å²) in [6.45, 7) is 6.35. The highest BCUT2D eigenvalue weighted by molar-refractivity contribution is 7.13. The standard InChI is InChI=1S/C15H20N4OS/c1-15(2,3)19-12(10-5-6-10)9-11(17-19)13(20)18(4)14-16-7-8-21-14/h7-10H,5-6H2,1-4H3. The van der Waals surface area contributed by atoms with Gasteiger partial charge in [-0.2, -0.15) is 5.10 Å². The summed E-state index contributed by atoms with van der Waals surface area (Å²) < 4.78 is 2.01. The highest BCUT2D eigenvalue weighted by Crippen LogP contribution is 2.41. The van der Waals surface area contributed by atoms with Gasteiger partial charge in [0.05, 0.1) is 5.54 Å². The second-order valence-corrected chi connectivity index (χ2v) is 7.36. The topological polar surface area (TPSA) is 51.0 Å². The summed E-state index contributed by atoms with van der Waals surface area (Å²) in [6.07, 6.45) is 4.09. The molecule has 1 fully saturated rings. The summed E-state index contributed by atoms with van der Waals surface area (Å²) in [4.78, 5) is 18.3. The van der Waals surface area contributed by atoms with Crippen molar-refractivity contribution in [1.82, 2.24) is 14.8 Å². The molecule has 1 aliphatic carbocycles. The molecular weight excluding hydrogens is 284 g/mol. The third-order valence-electron chi connectivity index (χ3n) is 3.60. The van der Waals surface area contributed by atoms with Crippen LogP contribution in [0.1, 0.15) is 55.7 Å². The van der Waals surface area contributed by atoms with Crippen molar-refractivity contribution in [1.29, 1.82) is 0 Å². The van der Waals surface area contributed by atoms with Crippen LogP contribution in [0, 0.1) is 0 Å². The van der Waals surface area contributed by atoms with Gasteiger partial charge in [-0.15, -0.1) is 11.3 Å². The van der Waals surface area contributed by atoms with Crippen molar-refractivity contribution in [2.24, 2.45) is 0 Å². The highest BCUT2D eigenvalue weighted by Gasteiger charge is 2.33. The van der Waals surface area contributed by atoms with Crippen molar-refractivity contribution >= 4 is 22.4 Å². The third kappa shape index (κ3) is 2.72. The fourth-order valence-corrected chi connectivity index (χ4v) is 2.95. The van der Waals surface area contributed by atoms with Crippen LogP contribution in [0.3, 0.4) is 0 Å². The second kappa shape index (κ2) is 4.94. The number of aromatic nitrogens is 3. The number of hydrogen-bond acceptors (Lipinski definition) is 4. The molecule has 0 N–H and O–H groups in total. The molecule has 0 unspecified atom stereocenters. The van der Waals surface area contributed by atoms with Gasteiger partial charge in [0.25, 0.3) is 5.91 Å². The number of rotatable bonds is 3. The van der Waals surface area contributed by atoms with Crippen LogP contribution in [0.15, 0.2) is 17.6 Å². The van der Waals surface area contributed by atoms with Crippen LogP contribution in [0.5, 0.6) is 0 Å².